The van der Waals surface area contributed by atoms with E-state index in [9.17, 15) is 0 Å². The molecule has 0 atom stereocenters. The Balaban J connectivity index is 1.73. The summed E-state index contributed by atoms with van der Waals surface area (Å²) in [4.78, 5) is 0. The standard InChI is InChI=1S/C26H32N4O2Si/c1-21(27-29-23-13-9-10-14-23)31-33(25-17-5-3-6-18-25,26-19-7-4-8-20-26)32-22(2)28-30-24-15-11-12-16-24/h3-8,17-20H,9-16H2,1-2H3/b27-21+,28-22+. The second-order valence-corrected chi connectivity index (χ2v) is 11.3. The van der Waals surface area contributed by atoms with E-state index in [1.807, 2.05) is 74.5 Å². The molecule has 0 amide bonds. The smallest absolute Gasteiger partial charge is 0.493 e. The van der Waals surface area contributed by atoms with Crippen LogP contribution in [-0.4, -0.2) is 31.8 Å². The lowest BCUT2D eigenvalue weighted by atomic mass is 10.3. The van der Waals surface area contributed by atoms with Gasteiger partial charge in [-0.25, -0.2) is 0 Å². The van der Waals surface area contributed by atoms with E-state index in [4.69, 9.17) is 8.85 Å². The molecule has 2 aromatic carbocycles. The summed E-state index contributed by atoms with van der Waals surface area (Å²) in [6.07, 6.45) is 8.78. The maximum atomic E-state index is 6.64. The first kappa shape index (κ1) is 23.1. The van der Waals surface area contributed by atoms with Crippen LogP contribution in [0.25, 0.3) is 0 Å². The maximum Gasteiger partial charge on any atom is 0.532 e. The molecular weight excluding hydrogens is 428 g/mol. The molecule has 0 N–H and O–H groups in total. The predicted molar refractivity (Wildman–Crippen MR) is 138 cm³/mol. The minimum absolute atomic E-state index is 0.490. The molecule has 2 aliphatic carbocycles. The molecule has 0 saturated heterocycles. The molecule has 0 radical (unpaired) electrons. The van der Waals surface area contributed by atoms with E-state index in [1.165, 1.54) is 25.7 Å². The number of hydrogen-bond acceptors (Lipinski definition) is 6. The van der Waals surface area contributed by atoms with Crippen LogP contribution in [0.5, 0.6) is 0 Å². The molecule has 4 rings (SSSR count). The molecule has 33 heavy (non-hydrogen) atoms. The van der Waals surface area contributed by atoms with Crippen molar-refractivity contribution in [2.75, 3.05) is 0 Å². The van der Waals surface area contributed by atoms with Crippen molar-refractivity contribution < 1.29 is 8.85 Å². The fourth-order valence-electron chi connectivity index (χ4n) is 4.24. The molecule has 172 valence electrons. The second kappa shape index (κ2) is 11.2. The van der Waals surface area contributed by atoms with Gasteiger partial charge in [-0.1, -0.05) is 60.7 Å². The van der Waals surface area contributed by atoms with E-state index in [0.717, 1.165) is 47.5 Å². The summed E-state index contributed by atoms with van der Waals surface area (Å²) in [5.41, 5.74) is 2.27. The summed E-state index contributed by atoms with van der Waals surface area (Å²) in [7, 11) is -3.23. The van der Waals surface area contributed by atoms with Crippen molar-refractivity contribution in [3.05, 3.63) is 60.7 Å². The van der Waals surface area contributed by atoms with E-state index in [0.29, 0.717) is 11.8 Å². The van der Waals surface area contributed by atoms with Crippen LogP contribution in [0.2, 0.25) is 0 Å². The first-order chi connectivity index (χ1) is 16.2. The van der Waals surface area contributed by atoms with Gasteiger partial charge in [-0.2, -0.15) is 10.2 Å². The zero-order chi connectivity index (χ0) is 22.9. The highest BCUT2D eigenvalue weighted by molar-refractivity contribution is 6.94. The highest BCUT2D eigenvalue weighted by Crippen LogP contribution is 2.17. The van der Waals surface area contributed by atoms with Crippen LogP contribution in [0.4, 0.5) is 0 Å². The Labute approximate surface area is 197 Å². The van der Waals surface area contributed by atoms with Gasteiger partial charge in [-0.05, 0) is 51.4 Å². The van der Waals surface area contributed by atoms with Crippen molar-refractivity contribution in [1.82, 2.24) is 0 Å². The summed E-state index contributed by atoms with van der Waals surface area (Å²) >= 11 is 0. The lowest BCUT2D eigenvalue weighted by molar-refractivity contribution is 0.400. The summed E-state index contributed by atoms with van der Waals surface area (Å²) in [6, 6.07) is 20.2. The van der Waals surface area contributed by atoms with Gasteiger partial charge in [-0.15, -0.1) is 10.2 Å². The molecule has 7 heteroatoms. The van der Waals surface area contributed by atoms with Crippen LogP contribution < -0.4 is 10.4 Å². The Morgan fingerprint density at radius 1 is 0.606 bits per heavy atom. The minimum atomic E-state index is -3.23. The average molecular weight is 461 g/mol. The molecule has 0 spiro atoms. The van der Waals surface area contributed by atoms with Gasteiger partial charge in [0.1, 0.15) is 0 Å². The van der Waals surface area contributed by atoms with Crippen LogP contribution >= 0.6 is 0 Å². The number of benzene rings is 2. The largest absolute Gasteiger partial charge is 0.532 e. The Hall–Kier alpha value is -3.06. The van der Waals surface area contributed by atoms with Crippen molar-refractivity contribution in [2.45, 2.75) is 65.2 Å². The normalized spacial score (nSPS) is 17.3. The number of hydrogen-bond donors (Lipinski definition) is 0. The van der Waals surface area contributed by atoms with Gasteiger partial charge < -0.3 is 8.85 Å². The monoisotopic (exact) mass is 460 g/mol. The zero-order valence-corrected chi connectivity index (χ0v) is 20.5. The van der Waals surface area contributed by atoms with E-state index < -0.39 is 8.56 Å². The van der Waals surface area contributed by atoms with E-state index in [-0.39, 0.29) is 0 Å². The second-order valence-electron chi connectivity index (χ2n) is 8.54. The molecule has 2 fully saturated rings. The van der Waals surface area contributed by atoms with Crippen molar-refractivity contribution in [3.63, 3.8) is 0 Å². The molecule has 2 saturated carbocycles. The lowest BCUT2D eigenvalue weighted by Crippen LogP contribution is -2.64. The SMILES string of the molecule is C/C(=N\N=C1CCCC1)O[Si](O/C(C)=N/N=C1CCCC1)(c1ccccc1)c1ccccc1. The molecule has 0 aliphatic heterocycles. The highest BCUT2D eigenvalue weighted by atomic mass is 28.4. The van der Waals surface area contributed by atoms with E-state index in [1.54, 1.807) is 0 Å². The summed E-state index contributed by atoms with van der Waals surface area (Å²) in [6.45, 7) is 3.70. The average Bonchev–Trinajstić information content (AvgIpc) is 3.57. The van der Waals surface area contributed by atoms with Gasteiger partial charge in [0, 0.05) is 35.6 Å². The number of rotatable bonds is 6. The van der Waals surface area contributed by atoms with Gasteiger partial charge >= 0.3 is 8.56 Å². The van der Waals surface area contributed by atoms with Gasteiger partial charge in [0.2, 0.25) is 0 Å². The Kier molecular flexibility index (Phi) is 7.83. The van der Waals surface area contributed by atoms with Crippen LogP contribution in [0.1, 0.15) is 65.2 Å². The fourth-order valence-corrected chi connectivity index (χ4v) is 7.27. The van der Waals surface area contributed by atoms with Crippen molar-refractivity contribution in [1.29, 1.82) is 0 Å². The van der Waals surface area contributed by atoms with E-state index >= 15 is 0 Å². The van der Waals surface area contributed by atoms with Crippen LogP contribution in [-0.2, 0) is 8.85 Å². The molecule has 2 aliphatic rings. The van der Waals surface area contributed by atoms with Crippen molar-refractivity contribution in [3.8, 4) is 0 Å². The van der Waals surface area contributed by atoms with Gasteiger partial charge in [0.05, 0.1) is 0 Å². The fraction of sp³-hybridized carbons (Fsp3) is 0.385. The third-order valence-electron chi connectivity index (χ3n) is 5.92. The van der Waals surface area contributed by atoms with E-state index in [2.05, 4.69) is 20.4 Å². The maximum absolute atomic E-state index is 6.64. The molecule has 2 aromatic rings. The topological polar surface area (TPSA) is 67.9 Å². The summed E-state index contributed by atoms with van der Waals surface area (Å²) in [5, 5.41) is 19.7. The Morgan fingerprint density at radius 3 is 1.33 bits per heavy atom. The van der Waals surface area contributed by atoms with Gasteiger partial charge in [-0.3, -0.25) is 0 Å². The quantitative estimate of drug-likeness (QED) is 0.264. The van der Waals surface area contributed by atoms with Gasteiger partial charge in [0.15, 0.2) is 11.8 Å². The van der Waals surface area contributed by atoms with Crippen LogP contribution in [0.15, 0.2) is 81.1 Å². The van der Waals surface area contributed by atoms with Crippen molar-refractivity contribution >= 4 is 42.2 Å². The third-order valence-corrected chi connectivity index (χ3v) is 9.27. The summed E-state index contributed by atoms with van der Waals surface area (Å²) in [5.74, 6) is 0.979. The third kappa shape index (κ3) is 6.04. The molecule has 0 unspecified atom stereocenters. The Morgan fingerprint density at radius 2 is 0.970 bits per heavy atom. The molecular formula is C26H32N4O2Si. The van der Waals surface area contributed by atoms with Gasteiger partial charge in [0.25, 0.3) is 0 Å². The zero-order valence-electron chi connectivity index (χ0n) is 19.5. The minimum Gasteiger partial charge on any atom is -0.493 e. The van der Waals surface area contributed by atoms with Crippen LogP contribution in [0, 0.1) is 0 Å². The molecule has 6 nitrogen and oxygen atoms in total. The first-order valence-electron chi connectivity index (χ1n) is 11.8. The lowest BCUT2D eigenvalue weighted by Gasteiger charge is -2.31. The van der Waals surface area contributed by atoms with Crippen molar-refractivity contribution in [2.24, 2.45) is 20.4 Å². The molecule has 0 bridgehead atoms. The van der Waals surface area contributed by atoms with Crippen LogP contribution in [0.3, 0.4) is 0 Å². The first-order valence-corrected chi connectivity index (χ1v) is 13.7. The Bertz CT molecular complexity index is 947. The highest BCUT2D eigenvalue weighted by Gasteiger charge is 2.48. The molecule has 0 heterocycles. The predicted octanol–water partition coefficient (Wildman–Crippen LogP) is 4.97. The summed E-state index contributed by atoms with van der Waals surface area (Å²) < 4.78 is 13.3. The number of nitrogens with zero attached hydrogens (tertiary/aromatic N) is 4. The molecule has 0 aromatic heterocycles.